The molecule has 0 amide bonds. The van der Waals surface area contributed by atoms with Gasteiger partial charge in [0.1, 0.15) is 12.1 Å². The molecule has 4 nitrogen and oxygen atoms in total. The van der Waals surface area contributed by atoms with Crippen molar-refractivity contribution in [1.82, 2.24) is 0 Å². The van der Waals surface area contributed by atoms with Gasteiger partial charge in [0.2, 0.25) is 0 Å². The van der Waals surface area contributed by atoms with Gasteiger partial charge in [-0.3, -0.25) is 4.79 Å². The molecule has 0 aliphatic carbocycles. The van der Waals surface area contributed by atoms with Crippen molar-refractivity contribution in [2.24, 2.45) is 5.73 Å². The van der Waals surface area contributed by atoms with E-state index in [0.717, 1.165) is 0 Å². The zero-order valence-corrected chi connectivity index (χ0v) is 5.74. The van der Waals surface area contributed by atoms with Gasteiger partial charge in [-0.05, 0) is 6.92 Å². The molecule has 0 aromatic heterocycles. The number of rotatable bonds is 3. The van der Waals surface area contributed by atoms with Gasteiger partial charge in [0.25, 0.3) is 0 Å². The quantitative estimate of drug-likeness (QED) is 0.460. The van der Waals surface area contributed by atoms with Crippen molar-refractivity contribution < 1.29 is 15.0 Å². The van der Waals surface area contributed by atoms with E-state index in [2.05, 4.69) is 6.58 Å². The molecule has 2 atom stereocenters. The van der Waals surface area contributed by atoms with Crippen molar-refractivity contribution in [3.05, 3.63) is 12.2 Å². The van der Waals surface area contributed by atoms with Crippen LogP contribution >= 0.6 is 0 Å². The lowest BCUT2D eigenvalue weighted by Crippen LogP contribution is -2.42. The first-order chi connectivity index (χ1) is 4.46. The molecule has 0 fully saturated rings. The lowest BCUT2D eigenvalue weighted by molar-refractivity contribution is -0.140. The first kappa shape index (κ1) is 9.13. The number of carboxylic acids is 1. The van der Waals surface area contributed by atoms with Crippen LogP contribution in [0.4, 0.5) is 0 Å². The minimum Gasteiger partial charge on any atom is -0.480 e. The molecule has 4 heteroatoms. The Bertz CT molecular complexity index is 137. The zero-order chi connectivity index (χ0) is 8.31. The number of hydrogen-bond donors (Lipinski definition) is 3. The average molecular weight is 145 g/mol. The molecule has 0 saturated heterocycles. The van der Waals surface area contributed by atoms with E-state index in [1.54, 1.807) is 0 Å². The lowest BCUT2D eigenvalue weighted by atomic mass is 10.1. The first-order valence-electron chi connectivity index (χ1n) is 2.78. The molecule has 0 saturated carbocycles. The lowest BCUT2D eigenvalue weighted by Gasteiger charge is -2.13. The molecule has 0 rings (SSSR count). The number of aliphatic carboxylic acids is 1. The van der Waals surface area contributed by atoms with E-state index in [-0.39, 0.29) is 0 Å². The second-order valence-corrected chi connectivity index (χ2v) is 2.16. The van der Waals surface area contributed by atoms with Crippen LogP contribution in [0.5, 0.6) is 0 Å². The normalized spacial score (nSPS) is 15.9. The maximum Gasteiger partial charge on any atom is 0.323 e. The number of carboxylic acid groups (broad SMARTS) is 1. The zero-order valence-electron chi connectivity index (χ0n) is 5.74. The van der Waals surface area contributed by atoms with Crippen LogP contribution in [0.15, 0.2) is 12.2 Å². The van der Waals surface area contributed by atoms with Crippen molar-refractivity contribution in [2.45, 2.75) is 19.1 Å². The average Bonchev–Trinajstić information content (AvgIpc) is 1.84. The van der Waals surface area contributed by atoms with E-state index in [4.69, 9.17) is 15.9 Å². The Morgan fingerprint density at radius 3 is 2.20 bits per heavy atom. The number of hydrogen-bond acceptors (Lipinski definition) is 3. The summed E-state index contributed by atoms with van der Waals surface area (Å²) in [5, 5.41) is 17.2. The SMILES string of the molecule is C=C(C)C(O)C(N)C(=O)O. The maximum atomic E-state index is 10.1. The fourth-order valence-corrected chi connectivity index (χ4v) is 0.442. The highest BCUT2D eigenvalue weighted by atomic mass is 16.4. The molecular weight excluding hydrogens is 134 g/mol. The third-order valence-corrected chi connectivity index (χ3v) is 1.13. The molecular formula is C6H11NO3. The third-order valence-electron chi connectivity index (χ3n) is 1.13. The first-order valence-corrected chi connectivity index (χ1v) is 2.78. The van der Waals surface area contributed by atoms with E-state index >= 15 is 0 Å². The van der Waals surface area contributed by atoms with Crippen molar-refractivity contribution in [3.63, 3.8) is 0 Å². The smallest absolute Gasteiger partial charge is 0.323 e. The van der Waals surface area contributed by atoms with Gasteiger partial charge in [0.15, 0.2) is 0 Å². The molecule has 0 aromatic carbocycles. The van der Waals surface area contributed by atoms with Crippen molar-refractivity contribution >= 4 is 5.97 Å². The fraction of sp³-hybridized carbons (Fsp3) is 0.500. The summed E-state index contributed by atoms with van der Waals surface area (Å²) in [5.74, 6) is -1.23. The standard InChI is InChI=1S/C6H11NO3/c1-3(2)5(8)4(7)6(9)10/h4-5,8H,1,7H2,2H3,(H,9,10). The van der Waals surface area contributed by atoms with E-state index in [9.17, 15) is 4.79 Å². The summed E-state index contributed by atoms with van der Waals surface area (Å²) in [4.78, 5) is 10.1. The van der Waals surface area contributed by atoms with E-state index in [1.165, 1.54) is 6.92 Å². The maximum absolute atomic E-state index is 10.1. The van der Waals surface area contributed by atoms with Gasteiger partial charge in [-0.25, -0.2) is 0 Å². The molecule has 0 aliphatic heterocycles. The minimum atomic E-state index is -1.27. The molecule has 0 aromatic rings. The summed E-state index contributed by atoms with van der Waals surface area (Å²) in [7, 11) is 0. The van der Waals surface area contributed by atoms with Gasteiger partial charge in [0, 0.05) is 0 Å². The molecule has 0 aliphatic rings. The fourth-order valence-electron chi connectivity index (χ4n) is 0.442. The predicted molar refractivity (Wildman–Crippen MR) is 36.4 cm³/mol. The Morgan fingerprint density at radius 1 is 1.70 bits per heavy atom. The van der Waals surface area contributed by atoms with Crippen LogP contribution in [0.25, 0.3) is 0 Å². The highest BCUT2D eigenvalue weighted by Gasteiger charge is 2.21. The van der Waals surface area contributed by atoms with Crippen LogP contribution in [-0.4, -0.2) is 28.3 Å². The van der Waals surface area contributed by atoms with E-state index < -0.39 is 18.1 Å². The monoisotopic (exact) mass is 145 g/mol. The van der Waals surface area contributed by atoms with Crippen LogP contribution in [0.1, 0.15) is 6.92 Å². The third kappa shape index (κ3) is 2.16. The number of carbonyl (C=O) groups is 1. The molecule has 0 heterocycles. The predicted octanol–water partition coefficient (Wildman–Crippen LogP) is -0.665. The Labute approximate surface area is 59.0 Å². The molecule has 0 spiro atoms. The summed E-state index contributed by atoms with van der Waals surface area (Å²) < 4.78 is 0. The number of aliphatic hydroxyl groups excluding tert-OH is 1. The van der Waals surface area contributed by atoms with Gasteiger partial charge in [-0.1, -0.05) is 12.2 Å². The summed E-state index contributed by atoms with van der Waals surface area (Å²) >= 11 is 0. The summed E-state index contributed by atoms with van der Waals surface area (Å²) in [5.41, 5.74) is 5.41. The van der Waals surface area contributed by atoms with Crippen LogP contribution in [0.3, 0.4) is 0 Å². The van der Waals surface area contributed by atoms with Gasteiger partial charge < -0.3 is 15.9 Å². The van der Waals surface area contributed by atoms with Gasteiger partial charge >= 0.3 is 5.97 Å². The Hall–Kier alpha value is -0.870. The van der Waals surface area contributed by atoms with Crippen LogP contribution < -0.4 is 5.73 Å². The van der Waals surface area contributed by atoms with Crippen molar-refractivity contribution in [1.29, 1.82) is 0 Å². The topological polar surface area (TPSA) is 83.5 Å². The largest absolute Gasteiger partial charge is 0.480 e. The highest BCUT2D eigenvalue weighted by molar-refractivity contribution is 5.74. The van der Waals surface area contributed by atoms with Crippen LogP contribution in [0, 0.1) is 0 Å². The number of aliphatic hydroxyl groups is 1. The van der Waals surface area contributed by atoms with Gasteiger partial charge in [-0.2, -0.15) is 0 Å². The summed E-state index contributed by atoms with van der Waals surface area (Å²) in [6.45, 7) is 4.89. The molecule has 58 valence electrons. The van der Waals surface area contributed by atoms with Gasteiger partial charge in [0.05, 0.1) is 0 Å². The molecule has 4 N–H and O–H groups in total. The Kier molecular flexibility index (Phi) is 3.05. The van der Waals surface area contributed by atoms with Crippen molar-refractivity contribution in [3.8, 4) is 0 Å². The number of nitrogens with two attached hydrogens (primary N) is 1. The summed E-state index contributed by atoms with van der Waals surface area (Å²) in [6, 6.07) is -1.27. The molecule has 0 radical (unpaired) electrons. The Balaban J connectivity index is 4.07. The van der Waals surface area contributed by atoms with Crippen molar-refractivity contribution in [2.75, 3.05) is 0 Å². The summed E-state index contributed by atoms with van der Waals surface area (Å²) in [6.07, 6.45) is -1.16. The van der Waals surface area contributed by atoms with Gasteiger partial charge in [-0.15, -0.1) is 0 Å². The molecule has 0 bridgehead atoms. The van der Waals surface area contributed by atoms with Crippen LogP contribution in [-0.2, 0) is 4.79 Å². The van der Waals surface area contributed by atoms with E-state index in [0.29, 0.717) is 5.57 Å². The van der Waals surface area contributed by atoms with E-state index in [1.807, 2.05) is 0 Å². The second-order valence-electron chi connectivity index (χ2n) is 2.16. The molecule has 2 unspecified atom stereocenters. The highest BCUT2D eigenvalue weighted by Crippen LogP contribution is 2.00. The Morgan fingerprint density at radius 2 is 2.10 bits per heavy atom. The second kappa shape index (κ2) is 3.34. The van der Waals surface area contributed by atoms with Crippen LogP contribution in [0.2, 0.25) is 0 Å². The molecule has 10 heavy (non-hydrogen) atoms. The minimum absolute atomic E-state index is 0.356.